The normalized spacial score (nSPS) is 15.4. The van der Waals surface area contributed by atoms with Crippen molar-refractivity contribution in [2.24, 2.45) is 7.05 Å². The number of aromatic nitrogens is 4. The fourth-order valence-corrected chi connectivity index (χ4v) is 6.20. The highest BCUT2D eigenvalue weighted by Crippen LogP contribution is 2.39. The fourth-order valence-electron chi connectivity index (χ4n) is 6.20. The lowest BCUT2D eigenvalue weighted by Gasteiger charge is -2.38. The van der Waals surface area contributed by atoms with Crippen LogP contribution < -0.4 is 9.64 Å². The maximum Gasteiger partial charge on any atom is 0.416 e. The van der Waals surface area contributed by atoms with Gasteiger partial charge in [0.05, 0.1) is 30.3 Å². The molecule has 2 heterocycles. The first-order valence-corrected chi connectivity index (χ1v) is 15.9. The summed E-state index contributed by atoms with van der Waals surface area (Å²) in [6.45, 7) is 8.65. The number of tetrazole rings is 1. The zero-order chi connectivity index (χ0) is 38.0. The summed E-state index contributed by atoms with van der Waals surface area (Å²) in [6.07, 6.45) is -13.9. The molecule has 1 aliphatic rings. The quantitative estimate of drug-likeness (QED) is 0.119. The van der Waals surface area contributed by atoms with Crippen molar-refractivity contribution in [1.82, 2.24) is 25.1 Å². The van der Waals surface area contributed by atoms with Gasteiger partial charge in [0.25, 0.3) is 5.95 Å². The number of rotatable bonds is 10. The monoisotopic (exact) mass is 743 g/mol. The maximum absolute atomic E-state index is 14.1. The van der Waals surface area contributed by atoms with Crippen molar-refractivity contribution in [2.75, 3.05) is 18.0 Å². The molecule has 1 unspecified atom stereocenters. The van der Waals surface area contributed by atoms with Gasteiger partial charge in [-0.2, -0.15) is 44.3 Å². The predicted molar refractivity (Wildman–Crippen MR) is 167 cm³/mol. The van der Waals surface area contributed by atoms with Gasteiger partial charge in [0.1, 0.15) is 17.7 Å². The summed E-state index contributed by atoms with van der Waals surface area (Å²) < 4.78 is 144. The highest BCUT2D eigenvalue weighted by atomic mass is 19.4. The number of ether oxygens (including phenoxy) is 1. The molecule has 0 spiro atoms. The molecule has 3 aromatic carbocycles. The lowest BCUT2D eigenvalue weighted by Crippen LogP contribution is -2.40. The molecule has 1 aliphatic heterocycles. The van der Waals surface area contributed by atoms with Gasteiger partial charge in [0.2, 0.25) is 5.69 Å². The van der Waals surface area contributed by atoms with E-state index in [4.69, 9.17) is 11.3 Å². The minimum atomic E-state index is -5.12. The van der Waals surface area contributed by atoms with Crippen LogP contribution in [0.5, 0.6) is 5.75 Å². The molecule has 0 N–H and O–H groups in total. The van der Waals surface area contributed by atoms with E-state index in [0.717, 1.165) is 23.0 Å². The van der Waals surface area contributed by atoms with Gasteiger partial charge in [-0.25, -0.2) is 9.24 Å². The summed E-state index contributed by atoms with van der Waals surface area (Å²) in [5.41, 5.74) is -4.11. The topological polar surface area (TPSA) is 63.7 Å². The molecule has 0 radical (unpaired) electrons. The van der Waals surface area contributed by atoms with Crippen molar-refractivity contribution >= 4 is 11.6 Å². The molecule has 0 bridgehead atoms. The minimum Gasteiger partial charge on any atom is -0.490 e. The summed E-state index contributed by atoms with van der Waals surface area (Å²) in [5, 5.41) is 11.6. The van der Waals surface area contributed by atoms with Crippen molar-refractivity contribution in [3.8, 4) is 5.75 Å². The zero-order valence-electron chi connectivity index (χ0n) is 27.6. The number of hydrogen-bond donors (Lipinski definition) is 0. The number of aryl methyl sites for hydroxylation is 1. The average Bonchev–Trinajstić information content (AvgIpc) is 3.51. The van der Waals surface area contributed by atoms with Gasteiger partial charge in [-0.3, -0.25) is 4.90 Å². The third kappa shape index (κ3) is 9.11. The van der Waals surface area contributed by atoms with E-state index in [2.05, 4.69) is 20.3 Å². The summed E-state index contributed by atoms with van der Waals surface area (Å²) in [7, 11) is 1.37. The van der Waals surface area contributed by atoms with Gasteiger partial charge in [0.15, 0.2) is 0 Å². The first-order chi connectivity index (χ1) is 24.3. The van der Waals surface area contributed by atoms with Crippen LogP contribution in [0.1, 0.15) is 65.6 Å². The Kier molecular flexibility index (Phi) is 11.0. The molecule has 1 aromatic heterocycles. The molecular formula is C34H31F10N7O. The van der Waals surface area contributed by atoms with Crippen LogP contribution in [0.3, 0.4) is 0 Å². The number of nitrogens with zero attached hydrogens (tertiary/aromatic N) is 7. The second-order valence-corrected chi connectivity index (χ2v) is 12.3. The van der Waals surface area contributed by atoms with Crippen LogP contribution in [-0.4, -0.2) is 44.3 Å². The van der Waals surface area contributed by atoms with E-state index in [1.165, 1.54) is 30.1 Å². The molecule has 4 aromatic rings. The van der Waals surface area contributed by atoms with E-state index >= 15 is 0 Å². The van der Waals surface area contributed by atoms with Crippen molar-refractivity contribution in [2.45, 2.75) is 70.0 Å². The van der Waals surface area contributed by atoms with Gasteiger partial charge < -0.3 is 9.64 Å². The minimum absolute atomic E-state index is 0.0108. The van der Waals surface area contributed by atoms with Gasteiger partial charge in [-0.15, -0.1) is 5.10 Å². The largest absolute Gasteiger partial charge is 0.490 e. The van der Waals surface area contributed by atoms with E-state index in [1.54, 1.807) is 0 Å². The van der Waals surface area contributed by atoms with Crippen LogP contribution in [0.4, 0.5) is 55.5 Å². The SMILES string of the molecule is [C-]#[N+]c1ccc(OC2CCN(C(CC)c3ccc(C(F)(F)F)cc3CN(Cc3cc(C(F)(F)F)cc(C(F)(F)F)c3)c3nnn(C)n3)CC2)cc1F. The lowest BCUT2D eigenvalue weighted by atomic mass is 9.92. The zero-order valence-corrected chi connectivity index (χ0v) is 27.6. The van der Waals surface area contributed by atoms with Crippen LogP contribution >= 0.6 is 0 Å². The number of alkyl halides is 9. The Bertz CT molecular complexity index is 1880. The number of halogens is 10. The van der Waals surface area contributed by atoms with Gasteiger partial charge in [-0.05, 0) is 83.6 Å². The highest BCUT2D eigenvalue weighted by molar-refractivity contribution is 5.49. The summed E-state index contributed by atoms with van der Waals surface area (Å²) >= 11 is 0. The number of anilines is 1. The van der Waals surface area contributed by atoms with Gasteiger partial charge in [-0.1, -0.05) is 18.1 Å². The molecule has 0 aliphatic carbocycles. The first-order valence-electron chi connectivity index (χ1n) is 15.9. The van der Waals surface area contributed by atoms with E-state index in [-0.39, 0.29) is 35.1 Å². The van der Waals surface area contributed by atoms with Crippen molar-refractivity contribution in [3.05, 3.63) is 105 Å². The van der Waals surface area contributed by atoms with Crippen LogP contribution in [0.15, 0.2) is 54.6 Å². The smallest absolute Gasteiger partial charge is 0.416 e. The molecule has 18 heteroatoms. The number of hydrogen-bond acceptors (Lipinski definition) is 6. The Hall–Kier alpha value is -4.92. The van der Waals surface area contributed by atoms with E-state index < -0.39 is 65.7 Å². The van der Waals surface area contributed by atoms with Crippen LogP contribution in [0, 0.1) is 12.4 Å². The molecule has 278 valence electrons. The Morgan fingerprint density at radius 3 is 2.02 bits per heavy atom. The van der Waals surface area contributed by atoms with Crippen LogP contribution in [-0.2, 0) is 38.7 Å². The molecule has 0 saturated carbocycles. The molecule has 1 atom stereocenters. The molecule has 1 saturated heterocycles. The molecular weight excluding hydrogens is 712 g/mol. The molecule has 5 rings (SSSR count). The van der Waals surface area contributed by atoms with Gasteiger partial charge >= 0.3 is 18.5 Å². The standard InChI is InChI=1S/C34H31F10N7O/c1-4-30(50-11-9-25(10-12-50)52-26-6-8-29(45-2)28(35)17-26)27-7-5-22(32(36,37)38)15-21(27)19-51(31-46-48-49(3)47-31)18-20-13-23(33(39,40)41)16-24(14-20)34(42,43)44/h5-8,13-17,25,30H,4,9-12,18-19H2,1,3H3. The second kappa shape index (κ2) is 15.0. The number of piperidine rings is 1. The second-order valence-electron chi connectivity index (χ2n) is 12.3. The van der Waals surface area contributed by atoms with Crippen LogP contribution in [0.2, 0.25) is 0 Å². The Morgan fingerprint density at radius 1 is 0.865 bits per heavy atom. The molecule has 52 heavy (non-hydrogen) atoms. The maximum atomic E-state index is 14.1. The highest BCUT2D eigenvalue weighted by Gasteiger charge is 2.38. The number of benzene rings is 3. The van der Waals surface area contributed by atoms with Crippen molar-refractivity contribution in [3.63, 3.8) is 0 Å². The van der Waals surface area contributed by atoms with E-state index in [9.17, 15) is 43.9 Å². The molecule has 8 nitrogen and oxygen atoms in total. The third-order valence-corrected chi connectivity index (χ3v) is 8.64. The summed E-state index contributed by atoms with van der Waals surface area (Å²) in [6, 6.07) is 7.72. The third-order valence-electron chi connectivity index (χ3n) is 8.64. The Morgan fingerprint density at radius 2 is 1.50 bits per heavy atom. The lowest BCUT2D eigenvalue weighted by molar-refractivity contribution is -0.143. The molecule has 0 amide bonds. The average molecular weight is 744 g/mol. The van der Waals surface area contributed by atoms with Gasteiger partial charge in [0, 0.05) is 38.3 Å². The van der Waals surface area contributed by atoms with Crippen LogP contribution in [0.25, 0.3) is 4.85 Å². The van der Waals surface area contributed by atoms with E-state index in [1.807, 2.05) is 11.8 Å². The molecule has 1 fully saturated rings. The summed E-state index contributed by atoms with van der Waals surface area (Å²) in [4.78, 5) is 7.30. The van der Waals surface area contributed by atoms with Crippen molar-refractivity contribution in [1.29, 1.82) is 0 Å². The fraction of sp³-hybridized carbons (Fsp3) is 0.412. The Balaban J connectivity index is 1.46. The first kappa shape index (κ1) is 38.3. The predicted octanol–water partition coefficient (Wildman–Crippen LogP) is 9.16. The number of likely N-dealkylation sites (tertiary alicyclic amines) is 1. The van der Waals surface area contributed by atoms with Crippen molar-refractivity contribution < 1.29 is 48.6 Å². The van der Waals surface area contributed by atoms with E-state index in [0.29, 0.717) is 50.0 Å². The summed E-state index contributed by atoms with van der Waals surface area (Å²) in [5.74, 6) is -0.699. The Labute approximate surface area is 291 Å².